The fourth-order valence-corrected chi connectivity index (χ4v) is 1.10. The molecule has 0 amide bonds. The van der Waals surface area contributed by atoms with Crippen molar-refractivity contribution >= 4 is 0 Å². The molecule has 0 aliphatic carbocycles. The van der Waals surface area contributed by atoms with Crippen LogP contribution < -0.4 is 0 Å². The summed E-state index contributed by atoms with van der Waals surface area (Å²) in [5.41, 5.74) is -4.46. The topological polar surface area (TPSA) is 0 Å². The van der Waals surface area contributed by atoms with Gasteiger partial charge in [-0.15, -0.1) is 0 Å². The average Bonchev–Trinajstić information content (AvgIpc) is 2.33. The van der Waals surface area contributed by atoms with Gasteiger partial charge in [-0.2, -0.15) is 0 Å². The van der Waals surface area contributed by atoms with Crippen LogP contribution in [0, 0.1) is 17.3 Å². The van der Waals surface area contributed by atoms with E-state index in [1.54, 1.807) is 0 Å². The third kappa shape index (κ3) is 3.28. The van der Waals surface area contributed by atoms with Gasteiger partial charge in [-0.05, 0) is 6.42 Å². The Morgan fingerprint density at radius 2 is 0.733 bits per heavy atom. The van der Waals surface area contributed by atoms with Crippen molar-refractivity contribution in [3.05, 3.63) is 6.42 Å². The zero-order valence-electron chi connectivity index (χ0n) is 8.09. The van der Waals surface area contributed by atoms with Crippen LogP contribution in [0.4, 0.5) is 26.3 Å². The second-order valence-electron chi connectivity index (χ2n) is 3.67. The van der Waals surface area contributed by atoms with Crippen LogP contribution in [-0.2, 0) is 0 Å². The van der Waals surface area contributed by atoms with E-state index < -0.39 is 50.9 Å². The van der Waals surface area contributed by atoms with Crippen molar-refractivity contribution in [3.8, 4) is 0 Å². The predicted octanol–water partition coefficient (Wildman–Crippen LogP) is 2.98. The molecule has 0 unspecified atom stereocenters. The van der Waals surface area contributed by atoms with E-state index in [0.717, 1.165) is 0 Å². The molecule has 0 fully saturated rings. The summed E-state index contributed by atoms with van der Waals surface area (Å²) in [6, 6.07) is 0. The van der Waals surface area contributed by atoms with Crippen LogP contribution in [0.2, 0.25) is 0 Å². The minimum absolute atomic E-state index is 0.458. The van der Waals surface area contributed by atoms with Crippen LogP contribution in [0.25, 0.3) is 0 Å². The summed E-state index contributed by atoms with van der Waals surface area (Å²) in [6.45, 7) is -8.74. The maximum atomic E-state index is 12.4. The first-order valence-electron chi connectivity index (χ1n) is 4.30. The van der Waals surface area contributed by atoms with Crippen LogP contribution in [0.1, 0.15) is 0 Å². The molecule has 0 bridgehead atoms. The van der Waals surface area contributed by atoms with E-state index in [2.05, 4.69) is 0 Å². The highest BCUT2D eigenvalue weighted by Crippen LogP contribution is 2.36. The van der Waals surface area contributed by atoms with E-state index in [-0.39, 0.29) is 0 Å². The first-order chi connectivity index (χ1) is 7.07. The molecule has 0 nitrogen and oxygen atoms in total. The van der Waals surface area contributed by atoms with Gasteiger partial charge in [0.05, 0.1) is 10.8 Å². The lowest BCUT2D eigenvalue weighted by molar-refractivity contribution is 0.0676. The molecule has 15 heavy (non-hydrogen) atoms. The molecule has 0 spiro atoms. The molecule has 0 heterocycles. The molecule has 0 atom stereocenters. The van der Waals surface area contributed by atoms with Gasteiger partial charge in [-0.1, -0.05) is 0 Å². The van der Waals surface area contributed by atoms with Crippen molar-refractivity contribution in [2.24, 2.45) is 10.8 Å². The molecular weight excluding hydrogens is 222 g/mol. The van der Waals surface area contributed by atoms with E-state index in [4.69, 9.17) is 0 Å². The number of hydrogen-bond donors (Lipinski definition) is 0. The molecule has 91 valence electrons. The molecule has 0 aromatic rings. The fourth-order valence-electron chi connectivity index (χ4n) is 1.10. The van der Waals surface area contributed by atoms with Gasteiger partial charge in [0.25, 0.3) is 0 Å². The highest BCUT2D eigenvalue weighted by atomic mass is 19.2. The Labute approximate surface area is 84.7 Å². The molecule has 0 saturated heterocycles. The Balaban J connectivity index is 4.74. The first-order valence-corrected chi connectivity index (χ1v) is 4.30. The predicted molar refractivity (Wildman–Crippen MR) is 45.0 cm³/mol. The summed E-state index contributed by atoms with van der Waals surface area (Å²) in [5, 5.41) is 0. The largest absolute Gasteiger partial charge is 0.250 e. The van der Waals surface area contributed by atoms with Crippen LogP contribution in [0.15, 0.2) is 0 Å². The monoisotopic (exact) mass is 235 g/mol. The maximum absolute atomic E-state index is 12.4. The maximum Gasteiger partial charge on any atom is 0.100 e. The lowest BCUT2D eigenvalue weighted by atomic mass is 9.74. The van der Waals surface area contributed by atoms with E-state index >= 15 is 0 Å². The molecule has 6 heteroatoms. The quantitative estimate of drug-likeness (QED) is 0.567. The molecule has 0 aliphatic heterocycles. The molecule has 0 N–H and O–H groups in total. The van der Waals surface area contributed by atoms with Gasteiger partial charge in [0, 0.05) is 0 Å². The first kappa shape index (κ1) is 14.6. The highest BCUT2D eigenvalue weighted by molar-refractivity contribution is 5.04. The van der Waals surface area contributed by atoms with Crippen LogP contribution in [0.3, 0.4) is 0 Å². The van der Waals surface area contributed by atoms with E-state index in [0.29, 0.717) is 6.42 Å². The number of rotatable bonds is 8. The fraction of sp³-hybridized carbons (Fsp3) is 0.889. The van der Waals surface area contributed by atoms with Crippen LogP contribution in [-0.4, -0.2) is 40.0 Å². The third-order valence-electron chi connectivity index (χ3n) is 2.21. The van der Waals surface area contributed by atoms with Crippen molar-refractivity contribution < 1.29 is 26.3 Å². The van der Waals surface area contributed by atoms with Crippen LogP contribution in [0.5, 0.6) is 0 Å². The Kier molecular flexibility index (Phi) is 6.05. The molecule has 0 rings (SSSR count). The van der Waals surface area contributed by atoms with E-state index in [1.165, 1.54) is 0 Å². The van der Waals surface area contributed by atoms with Crippen molar-refractivity contribution in [1.29, 1.82) is 0 Å². The smallest absolute Gasteiger partial charge is 0.100 e. The number of alkyl halides is 6. The summed E-state index contributed by atoms with van der Waals surface area (Å²) in [7, 11) is 0. The molecule has 0 aliphatic rings. The Morgan fingerprint density at radius 1 is 0.533 bits per heavy atom. The van der Waals surface area contributed by atoms with Gasteiger partial charge in [-0.3, -0.25) is 26.3 Å². The normalized spacial score (nSPS) is 13.2. The summed E-state index contributed by atoms with van der Waals surface area (Å²) in [6.07, 6.45) is 0.458. The lowest BCUT2D eigenvalue weighted by Gasteiger charge is -2.33. The zero-order chi connectivity index (χ0) is 11.9. The van der Waals surface area contributed by atoms with Crippen molar-refractivity contribution in [2.45, 2.75) is 0 Å². The van der Waals surface area contributed by atoms with Gasteiger partial charge in [0.2, 0.25) is 0 Å². The Hall–Kier alpha value is -0.420. The summed E-state index contributed by atoms with van der Waals surface area (Å²) in [4.78, 5) is 0. The van der Waals surface area contributed by atoms with E-state index in [1.807, 2.05) is 0 Å². The van der Waals surface area contributed by atoms with Gasteiger partial charge in [0.15, 0.2) is 0 Å². The van der Waals surface area contributed by atoms with Gasteiger partial charge < -0.3 is 0 Å². The second-order valence-corrected chi connectivity index (χ2v) is 3.67. The van der Waals surface area contributed by atoms with Gasteiger partial charge in [-0.25, -0.2) is 0 Å². The number of halogens is 6. The minimum Gasteiger partial charge on any atom is -0.250 e. The summed E-state index contributed by atoms with van der Waals surface area (Å²) in [5.74, 6) is 0. The molecule has 0 aromatic carbocycles. The highest BCUT2D eigenvalue weighted by Gasteiger charge is 2.43. The zero-order valence-corrected chi connectivity index (χ0v) is 8.09. The van der Waals surface area contributed by atoms with Gasteiger partial charge >= 0.3 is 0 Å². The lowest BCUT2D eigenvalue weighted by Crippen LogP contribution is -2.41. The minimum atomic E-state index is -2.23. The summed E-state index contributed by atoms with van der Waals surface area (Å²) >= 11 is 0. The van der Waals surface area contributed by atoms with E-state index in [9.17, 15) is 26.3 Å². The third-order valence-corrected chi connectivity index (χ3v) is 2.21. The molecular formula is C9H13F6. The molecule has 1 radical (unpaired) electrons. The summed E-state index contributed by atoms with van der Waals surface area (Å²) < 4.78 is 74.2. The Morgan fingerprint density at radius 3 is 0.867 bits per heavy atom. The number of hydrogen-bond acceptors (Lipinski definition) is 0. The Bertz CT molecular complexity index is 129. The van der Waals surface area contributed by atoms with Crippen molar-refractivity contribution in [1.82, 2.24) is 0 Å². The standard InChI is InChI=1S/C9H13F6/c10-2-8(3-11,4-12)1-9(5-13,6-14)7-15/h1H,2-7H2. The van der Waals surface area contributed by atoms with Crippen molar-refractivity contribution in [2.75, 3.05) is 40.0 Å². The SMILES string of the molecule is FCC([CH]C(CF)(CF)CF)(CF)CF. The second kappa shape index (κ2) is 6.23. The molecule has 0 aromatic heterocycles. The van der Waals surface area contributed by atoms with Crippen LogP contribution >= 0.6 is 0 Å². The average molecular weight is 235 g/mol. The van der Waals surface area contributed by atoms with Gasteiger partial charge in [0.1, 0.15) is 40.0 Å². The molecule has 0 saturated carbocycles. The van der Waals surface area contributed by atoms with Crippen molar-refractivity contribution in [3.63, 3.8) is 0 Å².